The van der Waals surface area contributed by atoms with Crippen LogP contribution >= 0.6 is 0 Å². The number of methoxy groups -OCH3 is 1. The third kappa shape index (κ3) is 7.08. The van der Waals surface area contributed by atoms with E-state index < -0.39 is 12.5 Å². The number of carboxylic acid groups (broad SMARTS) is 1. The summed E-state index contributed by atoms with van der Waals surface area (Å²) >= 11 is 0. The molecule has 0 saturated carbocycles. The zero-order chi connectivity index (χ0) is 20.4. The molecule has 0 bridgehead atoms. The highest BCUT2D eigenvalue weighted by Gasteiger charge is 2.09. The molecule has 0 aromatic heterocycles. The first-order chi connectivity index (χ1) is 13.5. The molecule has 0 fully saturated rings. The molecule has 0 radical (unpaired) electrons. The lowest BCUT2D eigenvalue weighted by molar-refractivity contribution is -0.137. The van der Waals surface area contributed by atoms with Gasteiger partial charge in [0.1, 0.15) is 18.9 Å². The molecule has 0 atom stereocenters. The number of amides is 2. The standard InChI is InChI=1S/C20H22N2O6/c1-27-9-10-28-17-4-2-3-15(12-17)20(26)22-16-7-5-14(6-8-16)11-18(23)21-13-19(24)25/h2-8,12H,9-11,13H2,1H3,(H,21,23)(H,22,26)(H,24,25). The van der Waals surface area contributed by atoms with Gasteiger partial charge in [-0.2, -0.15) is 0 Å². The van der Waals surface area contributed by atoms with E-state index in [0.717, 1.165) is 0 Å². The lowest BCUT2D eigenvalue weighted by Gasteiger charge is -2.09. The summed E-state index contributed by atoms with van der Waals surface area (Å²) < 4.78 is 10.4. The Morgan fingerprint density at radius 3 is 2.46 bits per heavy atom. The Bertz CT molecular complexity index is 820. The maximum Gasteiger partial charge on any atom is 0.322 e. The van der Waals surface area contributed by atoms with Crippen molar-refractivity contribution in [2.45, 2.75) is 6.42 Å². The molecule has 0 aliphatic rings. The highest BCUT2D eigenvalue weighted by Crippen LogP contribution is 2.16. The zero-order valence-corrected chi connectivity index (χ0v) is 15.4. The minimum atomic E-state index is -1.10. The third-order valence-electron chi connectivity index (χ3n) is 3.67. The van der Waals surface area contributed by atoms with Crippen molar-refractivity contribution in [1.29, 1.82) is 0 Å². The average molecular weight is 386 g/mol. The highest BCUT2D eigenvalue weighted by molar-refractivity contribution is 6.04. The molecule has 0 saturated heterocycles. The number of carboxylic acids is 1. The number of hydrogen-bond donors (Lipinski definition) is 3. The second-order valence-corrected chi connectivity index (χ2v) is 5.87. The Hall–Kier alpha value is -3.39. The van der Waals surface area contributed by atoms with E-state index in [1.165, 1.54) is 0 Å². The van der Waals surface area contributed by atoms with Crippen LogP contribution in [0.15, 0.2) is 48.5 Å². The van der Waals surface area contributed by atoms with Crippen molar-refractivity contribution in [1.82, 2.24) is 5.32 Å². The number of carbonyl (C=O) groups excluding carboxylic acids is 2. The first kappa shape index (κ1) is 20.9. The fourth-order valence-electron chi connectivity index (χ4n) is 2.30. The van der Waals surface area contributed by atoms with E-state index in [9.17, 15) is 14.4 Å². The summed E-state index contributed by atoms with van der Waals surface area (Å²) in [5.74, 6) is -1.19. The third-order valence-corrected chi connectivity index (χ3v) is 3.67. The van der Waals surface area contributed by atoms with Gasteiger partial charge in [-0.3, -0.25) is 14.4 Å². The fourth-order valence-corrected chi connectivity index (χ4v) is 2.30. The number of aliphatic carboxylic acids is 1. The minimum Gasteiger partial charge on any atom is -0.491 e. The van der Waals surface area contributed by atoms with Crippen LogP contribution in [0.4, 0.5) is 5.69 Å². The zero-order valence-electron chi connectivity index (χ0n) is 15.4. The normalized spacial score (nSPS) is 10.2. The highest BCUT2D eigenvalue weighted by atomic mass is 16.5. The van der Waals surface area contributed by atoms with E-state index in [1.807, 2.05) is 0 Å². The van der Waals surface area contributed by atoms with E-state index in [-0.39, 0.29) is 18.2 Å². The van der Waals surface area contributed by atoms with Crippen molar-refractivity contribution in [3.8, 4) is 5.75 Å². The number of benzene rings is 2. The van der Waals surface area contributed by atoms with Gasteiger partial charge >= 0.3 is 5.97 Å². The van der Waals surface area contributed by atoms with Crippen molar-refractivity contribution >= 4 is 23.5 Å². The largest absolute Gasteiger partial charge is 0.491 e. The smallest absolute Gasteiger partial charge is 0.322 e. The van der Waals surface area contributed by atoms with Crippen molar-refractivity contribution in [3.05, 3.63) is 59.7 Å². The van der Waals surface area contributed by atoms with Gasteiger partial charge in [-0.05, 0) is 35.9 Å². The van der Waals surface area contributed by atoms with Crippen molar-refractivity contribution in [2.75, 3.05) is 32.2 Å². The SMILES string of the molecule is COCCOc1cccc(C(=O)Nc2ccc(CC(=O)NCC(=O)O)cc2)c1. The van der Waals surface area contributed by atoms with Gasteiger partial charge in [0, 0.05) is 18.4 Å². The van der Waals surface area contributed by atoms with Crippen LogP contribution in [0.5, 0.6) is 5.75 Å². The van der Waals surface area contributed by atoms with Crippen molar-refractivity contribution < 1.29 is 29.0 Å². The van der Waals surface area contributed by atoms with Crippen molar-refractivity contribution in [2.24, 2.45) is 0 Å². The molecule has 3 N–H and O–H groups in total. The second-order valence-electron chi connectivity index (χ2n) is 5.87. The molecular weight excluding hydrogens is 364 g/mol. The summed E-state index contributed by atoms with van der Waals surface area (Å²) in [5.41, 5.74) is 1.73. The number of ether oxygens (including phenoxy) is 2. The molecule has 0 aliphatic carbocycles. The van der Waals surface area contributed by atoms with E-state index in [1.54, 1.807) is 55.6 Å². The molecule has 2 aromatic carbocycles. The van der Waals surface area contributed by atoms with Crippen molar-refractivity contribution in [3.63, 3.8) is 0 Å². The van der Waals surface area contributed by atoms with Gasteiger partial charge in [-0.25, -0.2) is 0 Å². The van der Waals surface area contributed by atoms with Crippen LogP contribution in [0.1, 0.15) is 15.9 Å². The predicted octanol–water partition coefficient (Wildman–Crippen LogP) is 1.71. The number of nitrogens with one attached hydrogen (secondary N) is 2. The number of hydrogen-bond acceptors (Lipinski definition) is 5. The first-order valence-corrected chi connectivity index (χ1v) is 8.58. The predicted molar refractivity (Wildman–Crippen MR) is 103 cm³/mol. The molecule has 0 heterocycles. The van der Waals surface area contributed by atoms with Gasteiger partial charge in [-0.1, -0.05) is 18.2 Å². The quantitative estimate of drug-likeness (QED) is 0.536. The van der Waals surface area contributed by atoms with Crippen LogP contribution in [-0.4, -0.2) is 49.8 Å². The maximum absolute atomic E-state index is 12.4. The van der Waals surface area contributed by atoms with E-state index in [0.29, 0.717) is 35.8 Å². The lowest BCUT2D eigenvalue weighted by Crippen LogP contribution is -2.30. The Balaban J connectivity index is 1.91. The molecule has 28 heavy (non-hydrogen) atoms. The van der Waals surface area contributed by atoms with E-state index in [2.05, 4.69) is 10.6 Å². The van der Waals surface area contributed by atoms with Crippen LogP contribution < -0.4 is 15.4 Å². The molecule has 2 amide bonds. The molecule has 0 aliphatic heterocycles. The second kappa shape index (κ2) is 10.7. The topological polar surface area (TPSA) is 114 Å². The fraction of sp³-hybridized carbons (Fsp3) is 0.250. The summed E-state index contributed by atoms with van der Waals surface area (Å²) in [6.45, 7) is 0.432. The summed E-state index contributed by atoms with van der Waals surface area (Å²) in [6.07, 6.45) is 0.0579. The summed E-state index contributed by atoms with van der Waals surface area (Å²) in [4.78, 5) is 34.5. The molecule has 148 valence electrons. The molecule has 0 unspecified atom stereocenters. The molecule has 8 nitrogen and oxygen atoms in total. The van der Waals surface area contributed by atoms with E-state index in [4.69, 9.17) is 14.6 Å². The Morgan fingerprint density at radius 1 is 1.04 bits per heavy atom. The maximum atomic E-state index is 12.4. The first-order valence-electron chi connectivity index (χ1n) is 8.58. The molecule has 2 rings (SSSR count). The van der Waals surface area contributed by atoms with Gasteiger partial charge < -0.3 is 25.2 Å². The van der Waals surface area contributed by atoms with Gasteiger partial charge in [0.2, 0.25) is 5.91 Å². The summed E-state index contributed by atoms with van der Waals surface area (Å²) in [7, 11) is 1.58. The Labute approximate surface area is 162 Å². The van der Waals surface area contributed by atoms with Crippen LogP contribution in [0, 0.1) is 0 Å². The van der Waals surface area contributed by atoms with E-state index >= 15 is 0 Å². The molecule has 0 spiro atoms. The van der Waals surface area contributed by atoms with Gasteiger partial charge in [0.25, 0.3) is 5.91 Å². The lowest BCUT2D eigenvalue weighted by atomic mass is 10.1. The number of anilines is 1. The molecule has 2 aromatic rings. The van der Waals surface area contributed by atoms with Crippen LogP contribution in [0.3, 0.4) is 0 Å². The Morgan fingerprint density at radius 2 is 1.79 bits per heavy atom. The number of carbonyl (C=O) groups is 3. The minimum absolute atomic E-state index is 0.0579. The molecule has 8 heteroatoms. The number of rotatable bonds is 10. The van der Waals surface area contributed by atoms with Crippen LogP contribution in [0.25, 0.3) is 0 Å². The van der Waals surface area contributed by atoms with Crippen LogP contribution in [0.2, 0.25) is 0 Å². The molecular formula is C20H22N2O6. The van der Waals surface area contributed by atoms with Gasteiger partial charge in [-0.15, -0.1) is 0 Å². The summed E-state index contributed by atoms with van der Waals surface area (Å²) in [5, 5.41) is 13.6. The van der Waals surface area contributed by atoms with Gasteiger partial charge in [0.05, 0.1) is 13.0 Å². The summed E-state index contributed by atoms with van der Waals surface area (Å²) in [6, 6.07) is 13.6. The Kier molecular flexibility index (Phi) is 7.98. The van der Waals surface area contributed by atoms with Crippen LogP contribution in [-0.2, 0) is 20.7 Å². The average Bonchev–Trinajstić information content (AvgIpc) is 2.68. The monoisotopic (exact) mass is 386 g/mol. The van der Waals surface area contributed by atoms with Gasteiger partial charge in [0.15, 0.2) is 0 Å².